The third kappa shape index (κ3) is 6.20. The predicted octanol–water partition coefficient (Wildman–Crippen LogP) is 6.99. The molecule has 3 rings (SSSR count). The van der Waals surface area contributed by atoms with Gasteiger partial charge in [-0.1, -0.05) is 39.8 Å². The van der Waals surface area contributed by atoms with Crippen molar-refractivity contribution in [2.75, 3.05) is 5.32 Å². The number of thiophene rings is 1. The van der Waals surface area contributed by atoms with Crippen LogP contribution in [0.1, 0.15) is 49.5 Å². The number of nitrogens with zero attached hydrogens (tertiary/aromatic N) is 2. The first-order chi connectivity index (χ1) is 12.8. The van der Waals surface area contributed by atoms with Gasteiger partial charge >= 0.3 is 6.18 Å². The fraction of sp³-hybridized carbons (Fsp3) is 0.400. The SMILES string of the molecule is CC.CC.Cc1nc(NCc2cccc(C(F)(F)F)c2)c2sc(C)cc2n1. The summed E-state index contributed by atoms with van der Waals surface area (Å²) in [6.45, 7) is 12.0. The number of hydrogen-bond donors (Lipinski definition) is 1. The second-order valence-corrected chi connectivity index (χ2v) is 6.50. The molecular weight excluding hydrogens is 371 g/mol. The van der Waals surface area contributed by atoms with Gasteiger partial charge in [-0.3, -0.25) is 0 Å². The zero-order chi connectivity index (χ0) is 20.6. The number of aromatic nitrogens is 2. The molecule has 27 heavy (non-hydrogen) atoms. The number of alkyl halides is 3. The van der Waals surface area contributed by atoms with Gasteiger partial charge in [0.1, 0.15) is 11.6 Å². The van der Waals surface area contributed by atoms with Gasteiger partial charge < -0.3 is 5.32 Å². The van der Waals surface area contributed by atoms with Crippen LogP contribution < -0.4 is 5.32 Å². The Morgan fingerprint density at radius 3 is 2.30 bits per heavy atom. The molecule has 1 N–H and O–H groups in total. The minimum Gasteiger partial charge on any atom is -0.365 e. The quantitative estimate of drug-likeness (QED) is 0.517. The van der Waals surface area contributed by atoms with Crippen LogP contribution in [-0.4, -0.2) is 9.97 Å². The van der Waals surface area contributed by atoms with Gasteiger partial charge in [-0.05, 0) is 37.6 Å². The monoisotopic (exact) mass is 397 g/mol. The normalized spacial score (nSPS) is 10.6. The summed E-state index contributed by atoms with van der Waals surface area (Å²) in [5, 5.41) is 3.13. The Morgan fingerprint density at radius 1 is 1.00 bits per heavy atom. The van der Waals surface area contributed by atoms with Gasteiger partial charge in [0.25, 0.3) is 0 Å². The highest BCUT2D eigenvalue weighted by Crippen LogP contribution is 2.31. The maximum atomic E-state index is 12.8. The molecule has 0 aliphatic rings. The summed E-state index contributed by atoms with van der Waals surface area (Å²) in [4.78, 5) is 9.85. The molecule has 3 aromatic rings. The predicted molar refractivity (Wildman–Crippen MR) is 108 cm³/mol. The number of fused-ring (bicyclic) bond motifs is 1. The van der Waals surface area contributed by atoms with E-state index in [9.17, 15) is 13.2 Å². The molecule has 0 fully saturated rings. The fourth-order valence-corrected chi connectivity index (χ4v) is 3.24. The second kappa shape index (κ2) is 10.3. The minimum absolute atomic E-state index is 0.270. The average molecular weight is 398 g/mol. The van der Waals surface area contributed by atoms with Crippen LogP contribution in [0.5, 0.6) is 0 Å². The van der Waals surface area contributed by atoms with Crippen molar-refractivity contribution in [2.45, 2.75) is 54.3 Å². The topological polar surface area (TPSA) is 37.8 Å². The van der Waals surface area contributed by atoms with Crippen molar-refractivity contribution >= 4 is 27.4 Å². The molecule has 0 saturated heterocycles. The van der Waals surface area contributed by atoms with Crippen molar-refractivity contribution in [3.63, 3.8) is 0 Å². The van der Waals surface area contributed by atoms with E-state index in [0.29, 0.717) is 17.2 Å². The Labute approximate surface area is 162 Å². The van der Waals surface area contributed by atoms with Gasteiger partial charge in [0.15, 0.2) is 0 Å². The molecule has 0 unspecified atom stereocenters. The summed E-state index contributed by atoms with van der Waals surface area (Å²) in [7, 11) is 0. The molecule has 0 amide bonds. The molecule has 0 radical (unpaired) electrons. The third-order valence-electron chi connectivity index (χ3n) is 3.32. The highest BCUT2D eigenvalue weighted by molar-refractivity contribution is 7.19. The van der Waals surface area contributed by atoms with Crippen molar-refractivity contribution < 1.29 is 13.2 Å². The minimum atomic E-state index is -4.33. The number of benzene rings is 1. The summed E-state index contributed by atoms with van der Waals surface area (Å²) < 4.78 is 39.2. The molecule has 0 aliphatic carbocycles. The van der Waals surface area contributed by atoms with Gasteiger partial charge in [0, 0.05) is 11.4 Å². The average Bonchev–Trinajstić information content (AvgIpc) is 3.02. The molecule has 2 aromatic heterocycles. The standard InChI is InChI=1S/C16H14F3N3S.2C2H6/c1-9-6-13-14(23-9)15(22-10(2)21-13)20-8-11-4-3-5-12(7-11)16(17,18)19;2*1-2/h3-7H,8H2,1-2H3,(H,20,21,22);2*1-2H3. The molecule has 0 bridgehead atoms. The Morgan fingerprint density at radius 2 is 1.67 bits per heavy atom. The van der Waals surface area contributed by atoms with Gasteiger partial charge in [0.05, 0.1) is 15.8 Å². The Balaban J connectivity index is 0.000000855. The first-order valence-electron chi connectivity index (χ1n) is 8.98. The van der Waals surface area contributed by atoms with Crippen LogP contribution in [0.2, 0.25) is 0 Å². The van der Waals surface area contributed by atoms with E-state index in [1.54, 1.807) is 24.3 Å². The molecule has 2 heterocycles. The summed E-state index contributed by atoms with van der Waals surface area (Å²) in [5.74, 6) is 1.28. The maximum absolute atomic E-state index is 12.8. The number of rotatable bonds is 3. The fourth-order valence-electron chi connectivity index (χ4n) is 2.33. The van der Waals surface area contributed by atoms with Crippen LogP contribution in [0.3, 0.4) is 0 Å². The largest absolute Gasteiger partial charge is 0.416 e. The van der Waals surface area contributed by atoms with E-state index < -0.39 is 11.7 Å². The first kappa shape index (κ1) is 22.9. The van der Waals surface area contributed by atoms with Gasteiger partial charge in [-0.25, -0.2) is 9.97 Å². The van der Waals surface area contributed by atoms with Crippen LogP contribution >= 0.6 is 11.3 Å². The smallest absolute Gasteiger partial charge is 0.365 e. The van der Waals surface area contributed by atoms with Crippen molar-refractivity contribution in [1.29, 1.82) is 0 Å². The molecule has 0 spiro atoms. The third-order valence-corrected chi connectivity index (χ3v) is 4.37. The lowest BCUT2D eigenvalue weighted by Gasteiger charge is -2.10. The van der Waals surface area contributed by atoms with E-state index in [4.69, 9.17) is 0 Å². The molecule has 0 saturated carbocycles. The summed E-state index contributed by atoms with van der Waals surface area (Å²) in [6.07, 6.45) is -4.33. The number of nitrogens with one attached hydrogen (secondary N) is 1. The van der Waals surface area contributed by atoms with Crippen LogP contribution in [-0.2, 0) is 12.7 Å². The van der Waals surface area contributed by atoms with E-state index in [1.165, 1.54) is 6.07 Å². The summed E-state index contributed by atoms with van der Waals surface area (Å²) in [6, 6.07) is 7.27. The molecule has 1 aromatic carbocycles. The Hall–Kier alpha value is -2.15. The van der Waals surface area contributed by atoms with Gasteiger partial charge in [-0.2, -0.15) is 13.2 Å². The summed E-state index contributed by atoms with van der Waals surface area (Å²) >= 11 is 1.56. The number of anilines is 1. The molecule has 0 aliphatic heterocycles. The van der Waals surface area contributed by atoms with Gasteiger partial charge in [-0.15, -0.1) is 11.3 Å². The number of halogens is 3. The van der Waals surface area contributed by atoms with E-state index in [0.717, 1.165) is 27.2 Å². The van der Waals surface area contributed by atoms with Crippen molar-refractivity contribution in [2.24, 2.45) is 0 Å². The van der Waals surface area contributed by atoms with Crippen molar-refractivity contribution in [3.05, 3.63) is 52.2 Å². The zero-order valence-electron chi connectivity index (χ0n) is 16.5. The lowest BCUT2D eigenvalue weighted by atomic mass is 10.1. The van der Waals surface area contributed by atoms with Gasteiger partial charge in [0.2, 0.25) is 0 Å². The van der Waals surface area contributed by atoms with Crippen LogP contribution in [0, 0.1) is 13.8 Å². The van der Waals surface area contributed by atoms with Crippen LogP contribution in [0.25, 0.3) is 10.2 Å². The number of hydrogen-bond acceptors (Lipinski definition) is 4. The highest BCUT2D eigenvalue weighted by atomic mass is 32.1. The second-order valence-electron chi connectivity index (χ2n) is 5.24. The van der Waals surface area contributed by atoms with E-state index in [1.807, 2.05) is 40.7 Å². The first-order valence-corrected chi connectivity index (χ1v) is 9.79. The maximum Gasteiger partial charge on any atom is 0.416 e. The van der Waals surface area contributed by atoms with E-state index >= 15 is 0 Å². The molecule has 148 valence electrons. The lowest BCUT2D eigenvalue weighted by molar-refractivity contribution is -0.137. The van der Waals surface area contributed by atoms with Crippen molar-refractivity contribution in [3.8, 4) is 0 Å². The molecule has 3 nitrogen and oxygen atoms in total. The molecule has 0 atom stereocenters. The van der Waals surface area contributed by atoms with E-state index in [-0.39, 0.29) is 6.54 Å². The highest BCUT2D eigenvalue weighted by Gasteiger charge is 2.30. The van der Waals surface area contributed by atoms with E-state index in [2.05, 4.69) is 15.3 Å². The van der Waals surface area contributed by atoms with Crippen LogP contribution in [0.15, 0.2) is 30.3 Å². The Bertz CT molecular complexity index is 857. The van der Waals surface area contributed by atoms with Crippen molar-refractivity contribution in [1.82, 2.24) is 9.97 Å². The lowest BCUT2D eigenvalue weighted by Crippen LogP contribution is -2.07. The van der Waals surface area contributed by atoms with Crippen LogP contribution in [0.4, 0.5) is 19.0 Å². The zero-order valence-corrected chi connectivity index (χ0v) is 17.3. The molecule has 7 heteroatoms. The number of aryl methyl sites for hydroxylation is 2. The summed E-state index contributed by atoms with van der Waals surface area (Å²) in [5.41, 5.74) is 0.761. The Kier molecular flexibility index (Phi) is 8.69. The molecular formula is C20H26F3N3S.